The Labute approximate surface area is 146 Å². The van der Waals surface area contributed by atoms with E-state index in [0.29, 0.717) is 6.54 Å². The van der Waals surface area contributed by atoms with Gasteiger partial charge >= 0.3 is 0 Å². The van der Waals surface area contributed by atoms with Gasteiger partial charge < -0.3 is 20.1 Å². The van der Waals surface area contributed by atoms with E-state index in [1.807, 2.05) is 6.07 Å². The van der Waals surface area contributed by atoms with Gasteiger partial charge in [-0.3, -0.25) is 4.90 Å². The predicted molar refractivity (Wildman–Crippen MR) is 98.9 cm³/mol. The molecule has 0 spiro atoms. The monoisotopic (exact) mass is 335 g/mol. The quantitative estimate of drug-likeness (QED) is 0.703. The standard InChI is InChI=1S/C19H33N3O2/c1-4-5-6-13-24-18-8-7-16(14-19(18)23-3)17(15-20)22-11-9-21(2)10-12-22/h7-8,14,17H,4-6,9-13,15,20H2,1-3H3. The Morgan fingerprint density at radius 2 is 1.88 bits per heavy atom. The van der Waals surface area contributed by atoms with Crippen LogP contribution >= 0.6 is 0 Å². The first kappa shape index (κ1) is 19.0. The van der Waals surface area contributed by atoms with Gasteiger partial charge in [-0.15, -0.1) is 0 Å². The fraction of sp³-hybridized carbons (Fsp3) is 0.684. The summed E-state index contributed by atoms with van der Waals surface area (Å²) in [5.41, 5.74) is 7.29. The summed E-state index contributed by atoms with van der Waals surface area (Å²) in [6.07, 6.45) is 3.47. The molecular weight excluding hydrogens is 302 g/mol. The molecule has 0 aromatic heterocycles. The van der Waals surface area contributed by atoms with Crippen molar-refractivity contribution >= 4 is 0 Å². The van der Waals surface area contributed by atoms with Gasteiger partial charge in [0.05, 0.1) is 13.7 Å². The molecule has 1 aliphatic rings. The average molecular weight is 335 g/mol. The lowest BCUT2D eigenvalue weighted by molar-refractivity contribution is 0.114. The van der Waals surface area contributed by atoms with E-state index >= 15 is 0 Å². The maximum Gasteiger partial charge on any atom is 0.161 e. The SMILES string of the molecule is CCCCCOc1ccc(C(CN)N2CCN(C)CC2)cc1OC. The Balaban J connectivity index is 2.05. The molecule has 0 saturated carbocycles. The Morgan fingerprint density at radius 3 is 2.50 bits per heavy atom. The Morgan fingerprint density at radius 1 is 1.12 bits per heavy atom. The maximum absolute atomic E-state index is 6.09. The number of benzene rings is 1. The molecular formula is C19H33N3O2. The Hall–Kier alpha value is -1.30. The summed E-state index contributed by atoms with van der Waals surface area (Å²) in [5, 5.41) is 0. The molecule has 1 aliphatic heterocycles. The van der Waals surface area contributed by atoms with Gasteiger partial charge in [0.2, 0.25) is 0 Å². The second-order valence-electron chi connectivity index (χ2n) is 6.56. The van der Waals surface area contributed by atoms with Gasteiger partial charge in [0, 0.05) is 38.8 Å². The zero-order valence-electron chi connectivity index (χ0n) is 15.5. The van der Waals surface area contributed by atoms with E-state index in [1.165, 1.54) is 18.4 Å². The number of nitrogens with two attached hydrogens (primary N) is 1. The number of ether oxygens (including phenoxy) is 2. The normalized spacial score (nSPS) is 17.7. The Bertz CT molecular complexity index is 488. The van der Waals surface area contributed by atoms with E-state index in [-0.39, 0.29) is 6.04 Å². The van der Waals surface area contributed by atoms with Crippen LogP contribution in [0.15, 0.2) is 18.2 Å². The highest BCUT2D eigenvalue weighted by Crippen LogP contribution is 2.32. The van der Waals surface area contributed by atoms with Crippen LogP contribution in [-0.2, 0) is 0 Å². The number of nitrogens with zero attached hydrogens (tertiary/aromatic N) is 2. The number of piperazine rings is 1. The lowest BCUT2D eigenvalue weighted by Crippen LogP contribution is -2.47. The highest BCUT2D eigenvalue weighted by Gasteiger charge is 2.23. The van der Waals surface area contributed by atoms with Crippen LogP contribution in [0.2, 0.25) is 0 Å². The van der Waals surface area contributed by atoms with Gasteiger partial charge in [-0.05, 0) is 31.2 Å². The molecule has 1 aromatic carbocycles. The summed E-state index contributed by atoms with van der Waals surface area (Å²) in [6.45, 7) is 7.83. The van der Waals surface area contributed by atoms with Crippen LogP contribution in [-0.4, -0.2) is 63.3 Å². The number of hydrogen-bond donors (Lipinski definition) is 1. The molecule has 0 aliphatic carbocycles. The fourth-order valence-electron chi connectivity index (χ4n) is 3.17. The van der Waals surface area contributed by atoms with Crippen LogP contribution in [0.1, 0.15) is 37.8 Å². The molecule has 1 unspecified atom stereocenters. The molecule has 24 heavy (non-hydrogen) atoms. The third-order valence-corrected chi connectivity index (χ3v) is 4.78. The largest absolute Gasteiger partial charge is 0.493 e. The summed E-state index contributed by atoms with van der Waals surface area (Å²) in [4.78, 5) is 4.83. The first-order chi connectivity index (χ1) is 11.7. The third kappa shape index (κ3) is 5.10. The molecule has 1 aromatic rings. The van der Waals surface area contributed by atoms with E-state index in [4.69, 9.17) is 15.2 Å². The molecule has 0 radical (unpaired) electrons. The van der Waals surface area contributed by atoms with Crippen LogP contribution in [0.5, 0.6) is 11.5 Å². The Kier molecular flexibility index (Phi) is 7.82. The van der Waals surface area contributed by atoms with Crippen molar-refractivity contribution < 1.29 is 9.47 Å². The lowest BCUT2D eigenvalue weighted by atomic mass is 10.0. The third-order valence-electron chi connectivity index (χ3n) is 4.78. The maximum atomic E-state index is 6.09. The second kappa shape index (κ2) is 9.87. The van der Waals surface area contributed by atoms with Crippen molar-refractivity contribution in [3.8, 4) is 11.5 Å². The van der Waals surface area contributed by atoms with Crippen LogP contribution in [0.25, 0.3) is 0 Å². The second-order valence-corrected chi connectivity index (χ2v) is 6.56. The van der Waals surface area contributed by atoms with Crippen molar-refractivity contribution in [3.63, 3.8) is 0 Å². The number of hydrogen-bond acceptors (Lipinski definition) is 5. The number of unbranched alkanes of at least 4 members (excludes halogenated alkanes) is 2. The van der Waals surface area contributed by atoms with Gasteiger partial charge in [0.15, 0.2) is 11.5 Å². The van der Waals surface area contributed by atoms with Crippen molar-refractivity contribution in [2.75, 3.05) is 53.5 Å². The first-order valence-corrected chi connectivity index (χ1v) is 9.13. The average Bonchev–Trinajstić information content (AvgIpc) is 2.61. The summed E-state index contributed by atoms with van der Waals surface area (Å²) >= 11 is 0. The molecule has 2 rings (SSSR count). The summed E-state index contributed by atoms with van der Waals surface area (Å²) in [7, 11) is 3.87. The summed E-state index contributed by atoms with van der Waals surface area (Å²) in [5.74, 6) is 1.63. The molecule has 5 nitrogen and oxygen atoms in total. The number of rotatable bonds is 9. The van der Waals surface area contributed by atoms with E-state index in [2.05, 4.69) is 35.9 Å². The molecule has 0 amide bonds. The minimum Gasteiger partial charge on any atom is -0.493 e. The van der Waals surface area contributed by atoms with Gasteiger partial charge in [-0.1, -0.05) is 25.8 Å². The van der Waals surface area contributed by atoms with Gasteiger partial charge in [0.25, 0.3) is 0 Å². The van der Waals surface area contributed by atoms with E-state index in [0.717, 1.165) is 50.7 Å². The predicted octanol–water partition coefficient (Wildman–Crippen LogP) is 2.51. The number of likely N-dealkylation sites (N-methyl/N-ethyl adjacent to an activating group) is 1. The molecule has 1 heterocycles. The zero-order chi connectivity index (χ0) is 17.4. The van der Waals surface area contributed by atoms with Crippen LogP contribution in [0.4, 0.5) is 0 Å². The minimum atomic E-state index is 0.238. The van der Waals surface area contributed by atoms with Crippen molar-refractivity contribution in [1.82, 2.24) is 9.80 Å². The smallest absolute Gasteiger partial charge is 0.161 e. The highest BCUT2D eigenvalue weighted by molar-refractivity contribution is 5.44. The van der Waals surface area contributed by atoms with E-state index in [1.54, 1.807) is 7.11 Å². The van der Waals surface area contributed by atoms with Crippen molar-refractivity contribution in [2.24, 2.45) is 5.73 Å². The molecule has 0 bridgehead atoms. The zero-order valence-corrected chi connectivity index (χ0v) is 15.5. The highest BCUT2D eigenvalue weighted by atomic mass is 16.5. The molecule has 5 heteroatoms. The summed E-state index contributed by atoms with van der Waals surface area (Å²) < 4.78 is 11.4. The van der Waals surface area contributed by atoms with Crippen LogP contribution < -0.4 is 15.2 Å². The molecule has 2 N–H and O–H groups in total. The first-order valence-electron chi connectivity index (χ1n) is 9.13. The van der Waals surface area contributed by atoms with Gasteiger partial charge in [0.1, 0.15) is 0 Å². The minimum absolute atomic E-state index is 0.238. The van der Waals surface area contributed by atoms with Crippen molar-refractivity contribution in [1.29, 1.82) is 0 Å². The van der Waals surface area contributed by atoms with Crippen molar-refractivity contribution in [3.05, 3.63) is 23.8 Å². The lowest BCUT2D eigenvalue weighted by Gasteiger charge is -2.37. The van der Waals surface area contributed by atoms with Gasteiger partial charge in [-0.2, -0.15) is 0 Å². The molecule has 136 valence electrons. The van der Waals surface area contributed by atoms with E-state index < -0.39 is 0 Å². The summed E-state index contributed by atoms with van der Waals surface area (Å²) in [6, 6.07) is 6.49. The molecule has 1 fully saturated rings. The van der Waals surface area contributed by atoms with E-state index in [9.17, 15) is 0 Å². The van der Waals surface area contributed by atoms with Gasteiger partial charge in [-0.25, -0.2) is 0 Å². The van der Waals surface area contributed by atoms with Crippen molar-refractivity contribution in [2.45, 2.75) is 32.2 Å². The number of methoxy groups -OCH3 is 1. The molecule has 1 atom stereocenters. The molecule has 1 saturated heterocycles. The van der Waals surface area contributed by atoms with Crippen LogP contribution in [0.3, 0.4) is 0 Å². The topological polar surface area (TPSA) is 51.0 Å². The fourth-order valence-corrected chi connectivity index (χ4v) is 3.17. The van der Waals surface area contributed by atoms with Crippen LogP contribution in [0, 0.1) is 0 Å².